The van der Waals surface area contributed by atoms with Crippen LogP contribution in [0.2, 0.25) is 0 Å². The van der Waals surface area contributed by atoms with E-state index in [1.807, 2.05) is 6.92 Å². The molecule has 0 spiro atoms. The molecule has 0 bridgehead atoms. The summed E-state index contributed by atoms with van der Waals surface area (Å²) >= 11 is 0. The highest BCUT2D eigenvalue weighted by Gasteiger charge is 2.34. The Morgan fingerprint density at radius 3 is 2.50 bits per heavy atom. The molecule has 0 aliphatic carbocycles. The molecule has 0 radical (unpaired) electrons. The average Bonchev–Trinajstić information content (AvgIpc) is 3.23. The van der Waals surface area contributed by atoms with Crippen molar-refractivity contribution in [2.24, 2.45) is 4.99 Å². The van der Waals surface area contributed by atoms with Gasteiger partial charge in [0.2, 0.25) is 0 Å². The average molecular weight is 472 g/mol. The van der Waals surface area contributed by atoms with Gasteiger partial charge in [-0.2, -0.15) is 0 Å². The molecule has 1 unspecified atom stereocenters. The Bertz CT molecular complexity index is 639. The third-order valence-corrected chi connectivity index (χ3v) is 4.33. The van der Waals surface area contributed by atoms with Crippen molar-refractivity contribution in [3.63, 3.8) is 0 Å². The molecule has 1 aromatic carbocycles. The Hall–Kier alpha value is -1.68. The minimum atomic E-state index is -0.233. The smallest absolute Gasteiger partial charge is 0.261 e. The van der Waals surface area contributed by atoms with Crippen LogP contribution in [0.4, 0.5) is 0 Å². The summed E-state index contributed by atoms with van der Waals surface area (Å²) in [6.07, 6.45) is 2.31. The van der Waals surface area contributed by atoms with Crippen LogP contribution in [-0.2, 0) is 4.74 Å². The first-order valence-electron chi connectivity index (χ1n) is 8.79. The van der Waals surface area contributed by atoms with Gasteiger partial charge in [0.05, 0.1) is 23.8 Å². The highest BCUT2D eigenvalue weighted by Crippen LogP contribution is 2.21. The lowest BCUT2D eigenvalue weighted by Gasteiger charge is -2.16. The van der Waals surface area contributed by atoms with Crippen molar-refractivity contribution in [3.8, 4) is 0 Å². The summed E-state index contributed by atoms with van der Waals surface area (Å²) in [7, 11) is 0. The number of carbonyl (C=O) groups is 2. The fraction of sp³-hybridized carbons (Fsp3) is 0.500. The van der Waals surface area contributed by atoms with Crippen LogP contribution in [0.1, 0.15) is 40.5 Å². The number of aliphatic imine (C=N–C) groups is 1. The lowest BCUT2D eigenvalue weighted by atomic mass is 10.1. The molecule has 142 valence electrons. The van der Waals surface area contributed by atoms with Gasteiger partial charge < -0.3 is 15.4 Å². The van der Waals surface area contributed by atoms with Crippen molar-refractivity contribution in [3.05, 3.63) is 35.4 Å². The molecule has 8 heteroatoms. The third kappa shape index (κ3) is 4.73. The Morgan fingerprint density at radius 1 is 1.23 bits per heavy atom. The van der Waals surface area contributed by atoms with Crippen LogP contribution < -0.4 is 10.6 Å². The molecule has 1 atom stereocenters. The molecular weight excluding hydrogens is 447 g/mol. The first-order valence-corrected chi connectivity index (χ1v) is 8.79. The minimum absolute atomic E-state index is 0. The number of guanidine groups is 1. The summed E-state index contributed by atoms with van der Waals surface area (Å²) in [4.78, 5) is 30.4. The predicted molar refractivity (Wildman–Crippen MR) is 110 cm³/mol. The molecule has 2 amide bonds. The van der Waals surface area contributed by atoms with Gasteiger partial charge in [0.15, 0.2) is 5.96 Å². The highest BCUT2D eigenvalue weighted by molar-refractivity contribution is 14.0. The number of hydrogen-bond acceptors (Lipinski definition) is 4. The van der Waals surface area contributed by atoms with Gasteiger partial charge in [0.25, 0.3) is 11.8 Å². The van der Waals surface area contributed by atoms with Crippen molar-refractivity contribution in [2.45, 2.75) is 25.9 Å². The molecular formula is C18H25IN4O3. The number of rotatable bonds is 6. The van der Waals surface area contributed by atoms with E-state index in [0.717, 1.165) is 26.0 Å². The van der Waals surface area contributed by atoms with Crippen molar-refractivity contribution >= 4 is 41.8 Å². The Labute approximate surface area is 170 Å². The van der Waals surface area contributed by atoms with Gasteiger partial charge in [-0.15, -0.1) is 24.0 Å². The number of fused-ring (bicyclic) bond motifs is 1. The van der Waals surface area contributed by atoms with Crippen molar-refractivity contribution in [2.75, 3.05) is 32.8 Å². The van der Waals surface area contributed by atoms with Crippen LogP contribution in [0, 0.1) is 0 Å². The van der Waals surface area contributed by atoms with Crippen LogP contribution in [0.15, 0.2) is 29.3 Å². The minimum Gasteiger partial charge on any atom is -0.376 e. The number of nitrogens with one attached hydrogen (secondary N) is 2. The summed E-state index contributed by atoms with van der Waals surface area (Å²) < 4.78 is 5.57. The van der Waals surface area contributed by atoms with E-state index in [2.05, 4.69) is 15.6 Å². The second-order valence-corrected chi connectivity index (χ2v) is 6.09. The van der Waals surface area contributed by atoms with E-state index in [-0.39, 0.29) is 41.9 Å². The quantitative estimate of drug-likeness (QED) is 0.285. The first kappa shape index (κ1) is 20.6. The predicted octanol–water partition coefficient (Wildman–Crippen LogP) is 1.63. The molecule has 2 aliphatic rings. The molecule has 2 heterocycles. The lowest BCUT2D eigenvalue weighted by molar-refractivity contribution is 0.0657. The number of ether oxygens (including phenoxy) is 1. The summed E-state index contributed by atoms with van der Waals surface area (Å²) in [6.45, 7) is 4.91. The van der Waals surface area contributed by atoms with Crippen molar-refractivity contribution in [1.82, 2.24) is 15.5 Å². The summed E-state index contributed by atoms with van der Waals surface area (Å²) in [5.41, 5.74) is 0.956. The van der Waals surface area contributed by atoms with Gasteiger partial charge in [-0.1, -0.05) is 12.1 Å². The molecule has 2 aliphatic heterocycles. The Kier molecular flexibility index (Phi) is 7.83. The molecule has 1 aromatic rings. The molecule has 2 N–H and O–H groups in total. The molecule has 7 nitrogen and oxygen atoms in total. The fourth-order valence-corrected chi connectivity index (χ4v) is 3.05. The zero-order valence-electron chi connectivity index (χ0n) is 14.9. The van der Waals surface area contributed by atoms with Crippen LogP contribution in [0.5, 0.6) is 0 Å². The summed E-state index contributed by atoms with van der Waals surface area (Å²) in [5, 5.41) is 6.34. The van der Waals surface area contributed by atoms with E-state index in [1.54, 1.807) is 24.3 Å². The summed E-state index contributed by atoms with van der Waals surface area (Å²) in [6, 6.07) is 6.92. The van der Waals surface area contributed by atoms with Gasteiger partial charge in [0.1, 0.15) is 0 Å². The number of nitrogens with zero attached hydrogens (tertiary/aromatic N) is 2. The molecule has 1 fully saturated rings. The number of hydrogen-bond donors (Lipinski definition) is 2. The van der Waals surface area contributed by atoms with E-state index < -0.39 is 0 Å². The standard InChI is InChI=1S/C18H24N4O3.HI/c1-2-19-18(21-12-13-6-5-11-25-13)20-9-10-22-16(23)14-7-3-4-8-15(14)17(22)24;/h3-4,7-8,13H,2,5-6,9-12H2,1H3,(H2,19,20,21);1H. The maximum absolute atomic E-state index is 12.3. The topological polar surface area (TPSA) is 83.0 Å². The Morgan fingerprint density at radius 2 is 1.92 bits per heavy atom. The van der Waals surface area contributed by atoms with E-state index in [1.165, 1.54) is 4.90 Å². The van der Waals surface area contributed by atoms with E-state index in [4.69, 9.17) is 4.74 Å². The van der Waals surface area contributed by atoms with Crippen molar-refractivity contribution < 1.29 is 14.3 Å². The van der Waals surface area contributed by atoms with Crippen molar-refractivity contribution in [1.29, 1.82) is 0 Å². The largest absolute Gasteiger partial charge is 0.376 e. The van der Waals surface area contributed by atoms with E-state index in [9.17, 15) is 9.59 Å². The van der Waals surface area contributed by atoms with E-state index in [0.29, 0.717) is 36.7 Å². The highest BCUT2D eigenvalue weighted by atomic mass is 127. The van der Waals surface area contributed by atoms with Gasteiger partial charge in [-0.3, -0.25) is 19.5 Å². The number of halogens is 1. The Balaban J connectivity index is 0.00000243. The third-order valence-electron chi connectivity index (χ3n) is 4.33. The fourth-order valence-electron chi connectivity index (χ4n) is 3.05. The first-order chi connectivity index (χ1) is 12.2. The molecule has 0 aromatic heterocycles. The molecule has 1 saturated heterocycles. The normalized spacial score (nSPS) is 19.3. The maximum Gasteiger partial charge on any atom is 0.261 e. The SMILES string of the molecule is CCNC(=NCC1CCCO1)NCCN1C(=O)c2ccccc2C1=O.I. The van der Waals surface area contributed by atoms with Gasteiger partial charge in [-0.05, 0) is 31.9 Å². The number of benzene rings is 1. The number of amides is 2. The summed E-state index contributed by atoms with van der Waals surface area (Å²) in [5.74, 6) is 0.210. The maximum atomic E-state index is 12.3. The van der Waals surface area contributed by atoms with Crippen LogP contribution in [-0.4, -0.2) is 61.6 Å². The number of imide groups is 1. The molecule has 3 rings (SSSR count). The van der Waals surface area contributed by atoms with Gasteiger partial charge in [-0.25, -0.2) is 0 Å². The van der Waals surface area contributed by atoms with Crippen LogP contribution in [0.3, 0.4) is 0 Å². The molecule has 0 saturated carbocycles. The van der Waals surface area contributed by atoms with E-state index >= 15 is 0 Å². The van der Waals surface area contributed by atoms with Gasteiger partial charge in [0, 0.05) is 26.2 Å². The van der Waals surface area contributed by atoms with Crippen LogP contribution in [0.25, 0.3) is 0 Å². The lowest BCUT2D eigenvalue weighted by Crippen LogP contribution is -2.43. The zero-order chi connectivity index (χ0) is 17.6. The number of carbonyl (C=O) groups excluding carboxylic acids is 2. The second kappa shape index (κ2) is 9.86. The monoisotopic (exact) mass is 472 g/mol. The van der Waals surface area contributed by atoms with Crippen LogP contribution >= 0.6 is 24.0 Å². The van der Waals surface area contributed by atoms with Gasteiger partial charge >= 0.3 is 0 Å². The second-order valence-electron chi connectivity index (χ2n) is 6.09. The zero-order valence-corrected chi connectivity index (χ0v) is 17.2. The molecule has 26 heavy (non-hydrogen) atoms.